The summed E-state index contributed by atoms with van der Waals surface area (Å²) in [7, 11) is 2.02. The standard InChI is InChI=1S/C17H18F2N4O/c1-22-6-8-23(9-7-22)17(24)16-11-13(4-5-20-16)21-12-2-3-14(18)15(19)10-12/h2-5,10-11H,6-9H2,1H3,(H,20,21). The average Bonchev–Trinajstić information content (AvgIpc) is 2.58. The van der Waals surface area contributed by atoms with Crippen molar-refractivity contribution in [1.82, 2.24) is 14.8 Å². The number of pyridine rings is 1. The van der Waals surface area contributed by atoms with Gasteiger partial charge in [0.2, 0.25) is 0 Å². The second-order valence-electron chi connectivity index (χ2n) is 5.78. The Morgan fingerprint density at radius 3 is 2.46 bits per heavy atom. The lowest BCUT2D eigenvalue weighted by atomic mass is 10.2. The van der Waals surface area contributed by atoms with Crippen LogP contribution in [0.4, 0.5) is 20.2 Å². The van der Waals surface area contributed by atoms with Gasteiger partial charge in [0.1, 0.15) is 5.69 Å². The van der Waals surface area contributed by atoms with E-state index in [1.54, 1.807) is 17.0 Å². The largest absolute Gasteiger partial charge is 0.355 e. The molecule has 0 spiro atoms. The molecule has 1 aliphatic rings. The molecule has 126 valence electrons. The van der Waals surface area contributed by atoms with E-state index in [-0.39, 0.29) is 5.91 Å². The first-order valence-electron chi connectivity index (χ1n) is 7.69. The third-order valence-corrected chi connectivity index (χ3v) is 3.98. The third-order valence-electron chi connectivity index (χ3n) is 3.98. The fourth-order valence-electron chi connectivity index (χ4n) is 2.54. The summed E-state index contributed by atoms with van der Waals surface area (Å²) in [4.78, 5) is 20.6. The van der Waals surface area contributed by atoms with Crippen molar-refractivity contribution < 1.29 is 13.6 Å². The summed E-state index contributed by atoms with van der Waals surface area (Å²) in [6, 6.07) is 6.83. The average molecular weight is 332 g/mol. The molecule has 1 amide bonds. The summed E-state index contributed by atoms with van der Waals surface area (Å²) >= 11 is 0. The summed E-state index contributed by atoms with van der Waals surface area (Å²) in [5.41, 5.74) is 1.32. The first-order valence-corrected chi connectivity index (χ1v) is 7.69. The molecule has 0 atom stereocenters. The van der Waals surface area contributed by atoms with Crippen molar-refractivity contribution in [2.45, 2.75) is 0 Å². The van der Waals surface area contributed by atoms with Gasteiger partial charge in [0.05, 0.1) is 0 Å². The van der Waals surface area contributed by atoms with Gasteiger partial charge >= 0.3 is 0 Å². The van der Waals surface area contributed by atoms with Gasteiger partial charge in [-0.15, -0.1) is 0 Å². The number of nitrogens with zero attached hydrogens (tertiary/aromatic N) is 3. The number of nitrogens with one attached hydrogen (secondary N) is 1. The Morgan fingerprint density at radius 2 is 1.75 bits per heavy atom. The van der Waals surface area contributed by atoms with Gasteiger partial charge in [-0.3, -0.25) is 9.78 Å². The molecule has 1 aromatic heterocycles. The first-order chi connectivity index (χ1) is 11.5. The molecule has 0 bridgehead atoms. The Balaban J connectivity index is 1.73. The summed E-state index contributed by atoms with van der Waals surface area (Å²) in [6.07, 6.45) is 1.52. The quantitative estimate of drug-likeness (QED) is 0.938. The first kappa shape index (κ1) is 16.3. The molecule has 1 N–H and O–H groups in total. The van der Waals surface area contributed by atoms with Crippen LogP contribution in [-0.2, 0) is 0 Å². The van der Waals surface area contributed by atoms with Crippen molar-refractivity contribution in [2.24, 2.45) is 0 Å². The number of amides is 1. The van der Waals surface area contributed by atoms with Gasteiger partial charge in [-0.2, -0.15) is 0 Å². The topological polar surface area (TPSA) is 48.5 Å². The van der Waals surface area contributed by atoms with Gasteiger partial charge in [-0.25, -0.2) is 8.78 Å². The fraction of sp³-hybridized carbons (Fsp3) is 0.294. The molecule has 2 heterocycles. The number of halogens is 2. The molecule has 0 aliphatic carbocycles. The zero-order valence-electron chi connectivity index (χ0n) is 13.3. The highest BCUT2D eigenvalue weighted by Crippen LogP contribution is 2.19. The van der Waals surface area contributed by atoms with Gasteiger partial charge in [0.25, 0.3) is 5.91 Å². The maximum atomic E-state index is 13.3. The number of anilines is 2. The number of likely N-dealkylation sites (N-methyl/N-ethyl adjacent to an activating group) is 1. The van der Waals surface area contributed by atoms with Crippen molar-refractivity contribution in [3.63, 3.8) is 0 Å². The Labute approximate surface area is 138 Å². The predicted octanol–water partition coefficient (Wildman–Crippen LogP) is 2.49. The number of hydrogen-bond donors (Lipinski definition) is 1. The second-order valence-corrected chi connectivity index (χ2v) is 5.78. The zero-order chi connectivity index (χ0) is 17.1. The SMILES string of the molecule is CN1CCN(C(=O)c2cc(Nc3ccc(F)c(F)c3)ccn2)CC1. The van der Waals surface area contributed by atoms with Crippen molar-refractivity contribution in [2.75, 3.05) is 38.5 Å². The monoisotopic (exact) mass is 332 g/mol. The van der Waals surface area contributed by atoms with Gasteiger partial charge in [0, 0.05) is 49.8 Å². The summed E-state index contributed by atoms with van der Waals surface area (Å²) in [5.74, 6) is -1.96. The molecular weight excluding hydrogens is 314 g/mol. The van der Waals surface area contributed by atoms with Crippen LogP contribution < -0.4 is 5.32 Å². The van der Waals surface area contributed by atoms with Crippen molar-refractivity contribution in [3.05, 3.63) is 53.9 Å². The summed E-state index contributed by atoms with van der Waals surface area (Å²) in [6.45, 7) is 2.99. The molecule has 24 heavy (non-hydrogen) atoms. The van der Waals surface area contributed by atoms with Crippen LogP contribution in [0.1, 0.15) is 10.5 Å². The highest BCUT2D eigenvalue weighted by Gasteiger charge is 2.21. The molecule has 1 saturated heterocycles. The lowest BCUT2D eigenvalue weighted by Crippen LogP contribution is -2.47. The second kappa shape index (κ2) is 6.92. The molecule has 3 rings (SSSR count). The van der Waals surface area contributed by atoms with Crippen LogP contribution in [0.2, 0.25) is 0 Å². The van der Waals surface area contributed by atoms with Crippen LogP contribution in [0.5, 0.6) is 0 Å². The van der Waals surface area contributed by atoms with E-state index in [1.165, 1.54) is 12.3 Å². The van der Waals surface area contributed by atoms with E-state index in [4.69, 9.17) is 0 Å². The number of benzene rings is 1. The molecule has 1 aliphatic heterocycles. The highest BCUT2D eigenvalue weighted by atomic mass is 19.2. The van der Waals surface area contributed by atoms with E-state index >= 15 is 0 Å². The van der Waals surface area contributed by atoms with Gasteiger partial charge in [-0.1, -0.05) is 0 Å². The predicted molar refractivity (Wildman–Crippen MR) is 87.3 cm³/mol. The van der Waals surface area contributed by atoms with E-state index in [9.17, 15) is 13.6 Å². The lowest BCUT2D eigenvalue weighted by Gasteiger charge is -2.32. The highest BCUT2D eigenvalue weighted by molar-refractivity contribution is 5.93. The van der Waals surface area contributed by atoms with Crippen molar-refractivity contribution >= 4 is 17.3 Å². The normalized spacial score (nSPS) is 15.4. The van der Waals surface area contributed by atoms with Crippen molar-refractivity contribution in [3.8, 4) is 0 Å². The van der Waals surface area contributed by atoms with Gasteiger partial charge in [-0.05, 0) is 31.3 Å². The van der Waals surface area contributed by atoms with Gasteiger partial charge in [0.15, 0.2) is 11.6 Å². The van der Waals surface area contributed by atoms with E-state index in [2.05, 4.69) is 15.2 Å². The Morgan fingerprint density at radius 1 is 1.04 bits per heavy atom. The third kappa shape index (κ3) is 3.68. The minimum absolute atomic E-state index is 0.128. The maximum Gasteiger partial charge on any atom is 0.272 e. The minimum atomic E-state index is -0.928. The number of hydrogen-bond acceptors (Lipinski definition) is 4. The van der Waals surface area contributed by atoms with Crippen LogP contribution in [0, 0.1) is 11.6 Å². The van der Waals surface area contributed by atoms with Crippen LogP contribution in [0.25, 0.3) is 0 Å². The Hall–Kier alpha value is -2.54. The number of carbonyl (C=O) groups is 1. The van der Waals surface area contributed by atoms with E-state index in [1.807, 2.05) is 7.05 Å². The molecule has 0 unspecified atom stereocenters. The summed E-state index contributed by atoms with van der Waals surface area (Å²) < 4.78 is 26.2. The van der Waals surface area contributed by atoms with Gasteiger partial charge < -0.3 is 15.1 Å². The molecule has 0 radical (unpaired) electrons. The lowest BCUT2D eigenvalue weighted by molar-refractivity contribution is 0.0658. The molecule has 1 aromatic carbocycles. The van der Waals surface area contributed by atoms with E-state index in [0.29, 0.717) is 30.2 Å². The van der Waals surface area contributed by atoms with Crippen LogP contribution >= 0.6 is 0 Å². The Kier molecular flexibility index (Phi) is 4.71. The molecule has 2 aromatic rings. The van der Waals surface area contributed by atoms with E-state index in [0.717, 1.165) is 25.2 Å². The smallest absolute Gasteiger partial charge is 0.272 e. The van der Waals surface area contributed by atoms with Crippen LogP contribution in [0.15, 0.2) is 36.5 Å². The maximum absolute atomic E-state index is 13.3. The van der Waals surface area contributed by atoms with E-state index < -0.39 is 11.6 Å². The fourth-order valence-corrected chi connectivity index (χ4v) is 2.54. The number of piperazine rings is 1. The zero-order valence-corrected chi connectivity index (χ0v) is 13.3. The molecule has 7 heteroatoms. The summed E-state index contributed by atoms with van der Waals surface area (Å²) in [5, 5.41) is 2.95. The van der Waals surface area contributed by atoms with Crippen molar-refractivity contribution in [1.29, 1.82) is 0 Å². The Bertz CT molecular complexity index is 745. The number of rotatable bonds is 3. The molecule has 0 saturated carbocycles. The molecule has 5 nitrogen and oxygen atoms in total. The number of carbonyl (C=O) groups excluding carboxylic acids is 1. The van der Waals surface area contributed by atoms with Crippen LogP contribution in [0.3, 0.4) is 0 Å². The molecule has 1 fully saturated rings. The molecular formula is C17H18F2N4O. The number of aromatic nitrogens is 1. The minimum Gasteiger partial charge on any atom is -0.355 e. The van der Waals surface area contributed by atoms with Crippen LogP contribution in [-0.4, -0.2) is 53.9 Å².